The summed E-state index contributed by atoms with van der Waals surface area (Å²) in [5.41, 5.74) is 2.10. The van der Waals surface area contributed by atoms with Crippen molar-refractivity contribution in [1.82, 2.24) is 5.32 Å². The molecule has 0 bridgehead atoms. The lowest BCUT2D eigenvalue weighted by molar-refractivity contribution is 0.0573. The smallest absolute Gasteiger partial charge is 0.104 e. The van der Waals surface area contributed by atoms with Crippen LogP contribution < -0.4 is 5.32 Å². The van der Waals surface area contributed by atoms with E-state index in [0.717, 1.165) is 13.2 Å². The lowest BCUT2D eigenvalue weighted by Gasteiger charge is -2.15. The highest BCUT2D eigenvalue weighted by Crippen LogP contribution is 2.55. The average Bonchev–Trinajstić information content (AvgIpc) is 2.89. The molecule has 1 saturated carbocycles. The van der Waals surface area contributed by atoms with E-state index in [-0.39, 0.29) is 6.10 Å². The van der Waals surface area contributed by atoms with Crippen LogP contribution in [-0.4, -0.2) is 20.2 Å². The Bertz CT molecular complexity index is 356. The first-order valence-corrected chi connectivity index (χ1v) is 6.58. The Labute approximate surface area is 94.6 Å². The SMILES string of the molecule is CNC[C@H]1OCCC2(CC2)c2ccsc21. The molecular formula is C12H17NOS. The molecule has 0 saturated heterocycles. The number of rotatable bonds is 2. The van der Waals surface area contributed by atoms with Gasteiger partial charge in [0.2, 0.25) is 0 Å². The number of hydrogen-bond acceptors (Lipinski definition) is 3. The molecule has 1 fully saturated rings. The standard InChI is InChI=1S/C12H17NOS/c1-13-8-10-11-9(2-7-15-11)12(3-4-12)5-6-14-10/h2,7,10,13H,3-6,8H2,1H3/t10-/m1/s1. The van der Waals surface area contributed by atoms with Gasteiger partial charge >= 0.3 is 0 Å². The van der Waals surface area contributed by atoms with Gasteiger partial charge in [-0.2, -0.15) is 0 Å². The number of likely N-dealkylation sites (N-methyl/N-ethyl adjacent to an activating group) is 1. The van der Waals surface area contributed by atoms with E-state index in [9.17, 15) is 0 Å². The molecule has 1 aliphatic heterocycles. The van der Waals surface area contributed by atoms with Gasteiger partial charge in [0.05, 0.1) is 0 Å². The number of fused-ring (bicyclic) bond motifs is 2. The first-order valence-electron chi connectivity index (χ1n) is 5.70. The summed E-state index contributed by atoms with van der Waals surface area (Å²) in [5, 5.41) is 5.45. The summed E-state index contributed by atoms with van der Waals surface area (Å²) in [6.07, 6.45) is 4.24. The normalized spacial score (nSPS) is 27.4. The van der Waals surface area contributed by atoms with Gasteiger partial charge in [-0.25, -0.2) is 0 Å². The highest BCUT2D eigenvalue weighted by molar-refractivity contribution is 7.10. The van der Waals surface area contributed by atoms with Crippen molar-refractivity contribution < 1.29 is 4.74 Å². The Morgan fingerprint density at radius 1 is 1.53 bits per heavy atom. The summed E-state index contributed by atoms with van der Waals surface area (Å²) in [6, 6.07) is 2.32. The van der Waals surface area contributed by atoms with Crippen LogP contribution in [0.2, 0.25) is 0 Å². The van der Waals surface area contributed by atoms with E-state index in [1.165, 1.54) is 24.1 Å². The van der Waals surface area contributed by atoms with Crippen molar-refractivity contribution in [3.8, 4) is 0 Å². The first-order chi connectivity index (χ1) is 7.36. The summed E-state index contributed by atoms with van der Waals surface area (Å²) in [6.45, 7) is 1.86. The lowest BCUT2D eigenvalue weighted by Crippen LogP contribution is -2.18. The van der Waals surface area contributed by atoms with E-state index in [1.54, 1.807) is 5.56 Å². The molecule has 0 aromatic carbocycles. The average molecular weight is 223 g/mol. The maximum Gasteiger partial charge on any atom is 0.104 e. The zero-order valence-electron chi connectivity index (χ0n) is 9.08. The molecule has 1 atom stereocenters. The molecule has 2 aliphatic rings. The molecule has 1 N–H and O–H groups in total. The third kappa shape index (κ3) is 1.53. The minimum absolute atomic E-state index is 0.282. The highest BCUT2D eigenvalue weighted by atomic mass is 32.1. The van der Waals surface area contributed by atoms with Crippen LogP contribution in [0.3, 0.4) is 0 Å². The van der Waals surface area contributed by atoms with E-state index >= 15 is 0 Å². The summed E-state index contributed by atoms with van der Waals surface area (Å²) >= 11 is 1.86. The third-order valence-corrected chi connectivity index (χ3v) is 4.71. The second kappa shape index (κ2) is 3.58. The van der Waals surface area contributed by atoms with Crippen LogP contribution in [0.5, 0.6) is 0 Å². The van der Waals surface area contributed by atoms with Crippen molar-refractivity contribution in [3.05, 3.63) is 21.9 Å². The molecule has 1 aromatic rings. The highest BCUT2D eigenvalue weighted by Gasteiger charge is 2.47. The minimum Gasteiger partial charge on any atom is -0.371 e. The molecule has 82 valence electrons. The van der Waals surface area contributed by atoms with Crippen molar-refractivity contribution in [2.75, 3.05) is 20.2 Å². The molecule has 15 heavy (non-hydrogen) atoms. The fourth-order valence-corrected chi connectivity index (χ4v) is 3.69. The Morgan fingerprint density at radius 2 is 2.40 bits per heavy atom. The number of thiophene rings is 1. The second-order valence-corrected chi connectivity index (χ2v) is 5.59. The molecule has 2 nitrogen and oxygen atoms in total. The maximum atomic E-state index is 5.95. The van der Waals surface area contributed by atoms with Gasteiger partial charge in [-0.05, 0) is 48.7 Å². The third-order valence-electron chi connectivity index (χ3n) is 3.70. The van der Waals surface area contributed by atoms with E-state index in [0.29, 0.717) is 5.41 Å². The summed E-state index contributed by atoms with van der Waals surface area (Å²) in [5.74, 6) is 0. The van der Waals surface area contributed by atoms with Crippen LogP contribution in [0, 0.1) is 0 Å². The molecule has 0 unspecified atom stereocenters. The molecule has 3 rings (SSSR count). The summed E-state index contributed by atoms with van der Waals surface area (Å²) in [4.78, 5) is 1.47. The Kier molecular flexibility index (Phi) is 2.34. The predicted molar refractivity (Wildman–Crippen MR) is 62.5 cm³/mol. The minimum atomic E-state index is 0.282. The Balaban J connectivity index is 1.97. The van der Waals surface area contributed by atoms with Gasteiger partial charge in [0.1, 0.15) is 6.10 Å². The Hall–Kier alpha value is -0.380. The molecule has 0 radical (unpaired) electrons. The van der Waals surface area contributed by atoms with Crippen LogP contribution >= 0.6 is 11.3 Å². The largest absolute Gasteiger partial charge is 0.371 e. The fraction of sp³-hybridized carbons (Fsp3) is 0.667. The maximum absolute atomic E-state index is 5.95. The second-order valence-electron chi connectivity index (χ2n) is 4.65. The monoisotopic (exact) mass is 223 g/mol. The van der Waals surface area contributed by atoms with E-state index < -0.39 is 0 Å². The number of ether oxygens (including phenoxy) is 1. The van der Waals surface area contributed by atoms with Crippen LogP contribution in [0.4, 0.5) is 0 Å². The molecule has 3 heteroatoms. The zero-order chi connectivity index (χ0) is 10.3. The van der Waals surface area contributed by atoms with Crippen LogP contribution in [-0.2, 0) is 10.2 Å². The van der Waals surface area contributed by atoms with Crippen molar-refractivity contribution in [3.63, 3.8) is 0 Å². The van der Waals surface area contributed by atoms with Gasteiger partial charge < -0.3 is 10.1 Å². The van der Waals surface area contributed by atoms with E-state index in [1.807, 2.05) is 18.4 Å². The summed E-state index contributed by atoms with van der Waals surface area (Å²) in [7, 11) is 1.99. The van der Waals surface area contributed by atoms with Crippen molar-refractivity contribution in [2.24, 2.45) is 0 Å². The van der Waals surface area contributed by atoms with Gasteiger partial charge in [0.15, 0.2) is 0 Å². The molecular weight excluding hydrogens is 206 g/mol. The molecule has 1 spiro atoms. The molecule has 1 aromatic heterocycles. The van der Waals surface area contributed by atoms with E-state index in [2.05, 4.69) is 16.8 Å². The quantitative estimate of drug-likeness (QED) is 0.831. The molecule has 1 aliphatic carbocycles. The molecule has 2 heterocycles. The van der Waals surface area contributed by atoms with E-state index in [4.69, 9.17) is 4.74 Å². The van der Waals surface area contributed by atoms with Crippen LogP contribution in [0.25, 0.3) is 0 Å². The van der Waals surface area contributed by atoms with Crippen LogP contribution in [0.15, 0.2) is 11.4 Å². The fourth-order valence-electron chi connectivity index (χ4n) is 2.62. The van der Waals surface area contributed by atoms with Crippen molar-refractivity contribution in [1.29, 1.82) is 0 Å². The van der Waals surface area contributed by atoms with Gasteiger partial charge in [0.25, 0.3) is 0 Å². The molecule has 0 amide bonds. The predicted octanol–water partition coefficient (Wildman–Crippen LogP) is 2.46. The van der Waals surface area contributed by atoms with Gasteiger partial charge in [-0.3, -0.25) is 0 Å². The first kappa shape index (κ1) is 9.82. The van der Waals surface area contributed by atoms with Gasteiger partial charge in [-0.15, -0.1) is 11.3 Å². The lowest BCUT2D eigenvalue weighted by atomic mass is 9.93. The topological polar surface area (TPSA) is 21.3 Å². The van der Waals surface area contributed by atoms with Crippen molar-refractivity contribution in [2.45, 2.75) is 30.8 Å². The number of hydrogen-bond donors (Lipinski definition) is 1. The van der Waals surface area contributed by atoms with Gasteiger partial charge in [-0.1, -0.05) is 0 Å². The summed E-state index contributed by atoms with van der Waals surface area (Å²) < 4.78 is 5.95. The van der Waals surface area contributed by atoms with Crippen molar-refractivity contribution >= 4 is 11.3 Å². The number of nitrogens with one attached hydrogen (secondary N) is 1. The van der Waals surface area contributed by atoms with Gasteiger partial charge in [0, 0.05) is 18.0 Å². The zero-order valence-corrected chi connectivity index (χ0v) is 9.90. The van der Waals surface area contributed by atoms with Crippen LogP contribution in [0.1, 0.15) is 35.8 Å². The Morgan fingerprint density at radius 3 is 3.13 bits per heavy atom.